The highest BCUT2D eigenvalue weighted by atomic mass is 19.4. The molecule has 0 N–H and O–H groups in total. The average Bonchev–Trinajstić information content (AvgIpc) is 3.62. The Hall–Kier alpha value is -3.82. The molecule has 0 aromatic carbocycles. The van der Waals surface area contributed by atoms with Gasteiger partial charge in [-0.1, -0.05) is 9.15 Å². The van der Waals surface area contributed by atoms with Gasteiger partial charge in [0.25, 0.3) is 0 Å². The van der Waals surface area contributed by atoms with Gasteiger partial charge in [0.05, 0.1) is 22.1 Å². The van der Waals surface area contributed by atoms with Gasteiger partial charge < -0.3 is 0 Å². The second-order valence-electron chi connectivity index (χ2n) is 12.0. The second kappa shape index (κ2) is 7.11. The first kappa shape index (κ1) is 18.8. The predicted molar refractivity (Wildman–Crippen MR) is 152 cm³/mol. The van der Waals surface area contributed by atoms with Gasteiger partial charge in [0.15, 0.2) is 11.1 Å². The maximum absolute atomic E-state index is 15.9. The van der Waals surface area contributed by atoms with Gasteiger partial charge in [-0.25, -0.2) is 0 Å². The molecule has 0 bridgehead atoms. The SMILES string of the molecule is [2H]C([2H])([2H])C1=C(C)C2=[N+]3C1=C(C(F)(F)F)c1c(C)c(C([2H])([2H])[2H])c4n1C31n3c(c(C)c(C)c3=C(C)C3=[N+]1C(=C4C(F)(F)F)C(C([2H])([2H])[2H])=C3C)=C2C. The maximum Gasteiger partial charge on any atom is 0.553 e. The molecule has 0 amide bonds. The lowest BCUT2D eigenvalue weighted by Gasteiger charge is -2.41. The van der Waals surface area contributed by atoms with Crippen molar-refractivity contribution in [1.82, 2.24) is 9.13 Å². The van der Waals surface area contributed by atoms with Crippen LogP contribution in [0.1, 0.15) is 87.4 Å². The Morgan fingerprint density at radius 2 is 0.953 bits per heavy atom. The van der Waals surface area contributed by atoms with E-state index in [1.807, 2.05) is 0 Å². The fraction of sp³-hybridized carbons (Fsp3) is 0.394. The van der Waals surface area contributed by atoms with Gasteiger partial charge in [0.1, 0.15) is 0 Å². The molecule has 43 heavy (non-hydrogen) atoms. The van der Waals surface area contributed by atoms with Crippen LogP contribution in [0.25, 0.3) is 22.3 Å². The normalized spacial score (nSPS) is 27.7. The van der Waals surface area contributed by atoms with Crippen molar-refractivity contribution in [3.63, 3.8) is 0 Å². The number of rotatable bonds is 0. The van der Waals surface area contributed by atoms with Crippen LogP contribution in [0.5, 0.6) is 0 Å². The third-order valence-electron chi connectivity index (χ3n) is 10.1. The Morgan fingerprint density at radius 1 is 0.535 bits per heavy atom. The molecule has 6 aliphatic rings. The molecular weight excluding hydrogens is 566 g/mol. The Kier molecular flexibility index (Phi) is 3.10. The molecule has 1 atom stereocenters. The van der Waals surface area contributed by atoms with E-state index < -0.39 is 95.0 Å². The van der Waals surface area contributed by atoms with Gasteiger partial charge in [-0.3, -0.25) is 0 Å². The summed E-state index contributed by atoms with van der Waals surface area (Å²) in [6.07, 6.45) is -10.9. The summed E-state index contributed by atoms with van der Waals surface area (Å²) in [6, 6.07) is 0. The Balaban J connectivity index is 1.85. The third kappa shape index (κ3) is 2.40. The summed E-state index contributed by atoms with van der Waals surface area (Å²) >= 11 is 0. The van der Waals surface area contributed by atoms with Crippen molar-refractivity contribution in [2.45, 2.75) is 87.3 Å². The first-order valence-electron chi connectivity index (χ1n) is 18.1. The maximum atomic E-state index is 15.9. The standard InChI is InChI=1S/C33H30F6N4/c1-11-12(2)24-20(10)26-14(4)16(6)28-22(32(37,38)39)30-18(8)17(7)29-21(31(34,35)36)27-15(5)13(3)25-19(9)23(11)40(24)33(41(25)27,42(26)28)43(29)30/h1-10H3/q+2/i5D3,6D3,7D3. The smallest absolute Gasteiger partial charge is 0.198 e. The summed E-state index contributed by atoms with van der Waals surface area (Å²) in [5, 5.41) is 0.734. The largest absolute Gasteiger partial charge is 0.553 e. The van der Waals surface area contributed by atoms with Crippen molar-refractivity contribution in [3.8, 4) is 0 Å². The zero-order valence-electron chi connectivity index (χ0n) is 33.1. The number of nitrogens with zero attached hydrogens (tertiary/aromatic N) is 4. The summed E-state index contributed by atoms with van der Waals surface area (Å²) in [4.78, 5) is 0. The Labute approximate surface area is 256 Å². The number of hydrogen-bond donors (Lipinski definition) is 0. The monoisotopic (exact) mass is 605 g/mol. The van der Waals surface area contributed by atoms with Gasteiger partial charge >= 0.3 is 18.3 Å². The van der Waals surface area contributed by atoms with Crippen LogP contribution >= 0.6 is 0 Å². The highest BCUT2D eigenvalue weighted by molar-refractivity contribution is 6.28. The molecule has 6 aliphatic heterocycles. The van der Waals surface area contributed by atoms with Crippen molar-refractivity contribution in [2.75, 3.05) is 0 Å². The molecule has 0 aliphatic carbocycles. The van der Waals surface area contributed by atoms with E-state index in [0.717, 1.165) is 20.6 Å². The van der Waals surface area contributed by atoms with Gasteiger partial charge in [-0.2, -0.15) is 35.5 Å². The van der Waals surface area contributed by atoms with Crippen LogP contribution in [0.2, 0.25) is 0 Å². The summed E-state index contributed by atoms with van der Waals surface area (Å²) in [5.41, 5.74) is -8.68. The first-order valence-corrected chi connectivity index (χ1v) is 13.6. The van der Waals surface area contributed by atoms with Gasteiger partial charge in [0.2, 0.25) is 22.8 Å². The molecule has 0 saturated heterocycles. The van der Waals surface area contributed by atoms with Gasteiger partial charge in [-0.15, -0.1) is 0 Å². The molecule has 8 heterocycles. The zero-order valence-corrected chi connectivity index (χ0v) is 24.1. The molecule has 2 aromatic heterocycles. The first-order chi connectivity index (χ1) is 23.5. The molecule has 0 saturated carbocycles. The van der Waals surface area contributed by atoms with E-state index in [1.54, 1.807) is 32.3 Å². The molecule has 0 radical (unpaired) electrons. The number of halogens is 6. The zero-order chi connectivity index (χ0) is 38.9. The lowest BCUT2D eigenvalue weighted by atomic mass is 9.96. The van der Waals surface area contributed by atoms with Crippen LogP contribution in [-0.4, -0.2) is 42.1 Å². The van der Waals surface area contributed by atoms with E-state index in [1.165, 1.54) is 13.8 Å². The molecule has 4 nitrogen and oxygen atoms in total. The molecule has 2 aromatic rings. The van der Waals surface area contributed by atoms with E-state index in [-0.39, 0.29) is 22.6 Å². The van der Waals surface area contributed by atoms with Gasteiger partial charge in [-0.05, 0) is 91.3 Å². The third-order valence-corrected chi connectivity index (χ3v) is 10.1. The number of allylic oxidation sites excluding steroid dienone is 6. The minimum atomic E-state index is -5.50. The number of hydrogen-bond acceptors (Lipinski definition) is 0. The quantitative estimate of drug-likeness (QED) is 0.252. The summed E-state index contributed by atoms with van der Waals surface area (Å²) < 4.78 is 177. The van der Waals surface area contributed by atoms with E-state index in [9.17, 15) is 0 Å². The minimum Gasteiger partial charge on any atom is -0.198 e. The molecule has 0 fully saturated rings. The molecule has 222 valence electrons. The lowest BCUT2D eigenvalue weighted by molar-refractivity contribution is -0.835. The second-order valence-corrected chi connectivity index (χ2v) is 12.0. The van der Waals surface area contributed by atoms with Crippen molar-refractivity contribution < 1.29 is 47.8 Å². The summed E-state index contributed by atoms with van der Waals surface area (Å²) in [5.74, 6) is -2.46. The van der Waals surface area contributed by atoms with Crippen LogP contribution < -0.4 is 10.7 Å². The topological polar surface area (TPSA) is 15.9 Å². The van der Waals surface area contributed by atoms with E-state index in [4.69, 9.17) is 12.3 Å². The number of alkyl halides is 6. The van der Waals surface area contributed by atoms with Crippen LogP contribution in [-0.2, 0) is 5.91 Å². The highest BCUT2D eigenvalue weighted by Gasteiger charge is 2.77. The number of aromatic nitrogens is 2. The van der Waals surface area contributed by atoms with E-state index in [0.29, 0.717) is 33.0 Å². The minimum absolute atomic E-state index is 0.0189. The molecule has 10 heteroatoms. The van der Waals surface area contributed by atoms with Crippen molar-refractivity contribution in [3.05, 3.63) is 78.0 Å². The van der Waals surface area contributed by atoms with Crippen molar-refractivity contribution in [1.29, 1.82) is 0 Å². The molecular formula is C33H30F6N4+2. The molecule has 1 spiro atoms. The highest BCUT2D eigenvalue weighted by Crippen LogP contribution is 2.59. The predicted octanol–water partition coefficient (Wildman–Crippen LogP) is 6.19. The van der Waals surface area contributed by atoms with Crippen LogP contribution in [0.15, 0.2) is 33.7 Å². The average molecular weight is 606 g/mol. The Morgan fingerprint density at radius 3 is 1.33 bits per heavy atom. The van der Waals surface area contributed by atoms with Crippen LogP contribution in [0, 0.1) is 27.6 Å². The molecule has 1 unspecified atom stereocenters. The summed E-state index contributed by atoms with van der Waals surface area (Å²) in [6.45, 7) is 0.442. The van der Waals surface area contributed by atoms with Crippen molar-refractivity contribution >= 4 is 33.7 Å². The van der Waals surface area contributed by atoms with Crippen LogP contribution in [0.3, 0.4) is 0 Å². The fourth-order valence-electron chi connectivity index (χ4n) is 8.46. The fourth-order valence-corrected chi connectivity index (χ4v) is 8.46. The van der Waals surface area contributed by atoms with E-state index in [2.05, 4.69) is 0 Å². The van der Waals surface area contributed by atoms with E-state index >= 15 is 26.3 Å². The molecule has 8 rings (SSSR count). The van der Waals surface area contributed by atoms with Gasteiger partial charge in [0, 0.05) is 45.8 Å². The Bertz CT molecular complexity index is 2510. The summed E-state index contributed by atoms with van der Waals surface area (Å²) in [7, 11) is 0. The van der Waals surface area contributed by atoms with Crippen LogP contribution in [0.4, 0.5) is 26.3 Å². The van der Waals surface area contributed by atoms with Crippen molar-refractivity contribution in [2.24, 2.45) is 0 Å². The lowest BCUT2D eigenvalue weighted by Crippen LogP contribution is -2.72.